The molecule has 8 heteroatoms. The summed E-state index contributed by atoms with van der Waals surface area (Å²) in [5, 5.41) is 4.00. The molecule has 1 saturated carbocycles. The lowest BCUT2D eigenvalue weighted by atomic mass is 10.2. The van der Waals surface area contributed by atoms with Gasteiger partial charge in [0.25, 0.3) is 0 Å². The van der Waals surface area contributed by atoms with Gasteiger partial charge >= 0.3 is 5.97 Å². The Hall–Kier alpha value is -0.890. The van der Waals surface area contributed by atoms with E-state index in [1.807, 2.05) is 0 Å². The van der Waals surface area contributed by atoms with Crippen molar-refractivity contribution >= 4 is 34.0 Å². The molecule has 116 valence electrons. The average molecular weight is 332 g/mol. The molecule has 0 radical (unpaired) electrons. The van der Waals surface area contributed by atoms with Crippen molar-refractivity contribution in [3.05, 3.63) is 10.0 Å². The second-order valence-corrected chi connectivity index (χ2v) is 6.59. The number of carbonyl (C=O) groups is 1. The van der Waals surface area contributed by atoms with Crippen molar-refractivity contribution in [1.82, 2.24) is 9.88 Å². The molecule has 2 heterocycles. The van der Waals surface area contributed by atoms with Gasteiger partial charge in [0.05, 0.1) is 19.8 Å². The standard InChI is InChI=1S/C13H18ClN3O3S/c1-19-12(18)10-11(14)16-13(21-10)15-6-9-7-17(4-5-20-9)8-2-3-8/h8-9H,2-7H2,1H3,(H,15,16). The fourth-order valence-electron chi connectivity index (χ4n) is 2.43. The number of morpholine rings is 1. The normalized spacial score (nSPS) is 23.0. The van der Waals surface area contributed by atoms with Crippen LogP contribution in [0.5, 0.6) is 0 Å². The highest BCUT2D eigenvalue weighted by atomic mass is 35.5. The Kier molecular flexibility index (Phi) is 4.63. The van der Waals surface area contributed by atoms with Crippen molar-refractivity contribution in [3.63, 3.8) is 0 Å². The minimum atomic E-state index is -0.459. The molecule has 1 aromatic heterocycles. The Morgan fingerprint density at radius 2 is 2.43 bits per heavy atom. The van der Waals surface area contributed by atoms with E-state index in [4.69, 9.17) is 16.3 Å². The Morgan fingerprint density at radius 1 is 1.62 bits per heavy atom. The number of aromatic nitrogens is 1. The third kappa shape index (κ3) is 3.66. The maximum absolute atomic E-state index is 11.5. The molecule has 1 N–H and O–H groups in total. The van der Waals surface area contributed by atoms with Crippen LogP contribution in [0.25, 0.3) is 0 Å². The number of nitrogens with zero attached hydrogens (tertiary/aromatic N) is 2. The smallest absolute Gasteiger partial charge is 0.351 e. The minimum Gasteiger partial charge on any atom is -0.465 e. The summed E-state index contributed by atoms with van der Waals surface area (Å²) in [7, 11) is 1.33. The molecule has 0 bridgehead atoms. The van der Waals surface area contributed by atoms with Crippen molar-refractivity contribution in [3.8, 4) is 0 Å². The molecule has 1 aliphatic carbocycles. The van der Waals surface area contributed by atoms with Crippen LogP contribution in [0.1, 0.15) is 22.5 Å². The number of thiazole rings is 1. The topological polar surface area (TPSA) is 63.7 Å². The van der Waals surface area contributed by atoms with Gasteiger partial charge in [-0.05, 0) is 12.8 Å². The van der Waals surface area contributed by atoms with Gasteiger partial charge in [-0.3, -0.25) is 4.90 Å². The van der Waals surface area contributed by atoms with E-state index in [1.165, 1.54) is 31.3 Å². The van der Waals surface area contributed by atoms with Crippen molar-refractivity contribution in [2.45, 2.75) is 25.0 Å². The summed E-state index contributed by atoms with van der Waals surface area (Å²) in [4.78, 5) is 18.4. The van der Waals surface area contributed by atoms with E-state index in [-0.39, 0.29) is 11.3 Å². The van der Waals surface area contributed by atoms with Crippen LogP contribution in [-0.2, 0) is 9.47 Å². The lowest BCUT2D eigenvalue weighted by Crippen LogP contribution is -2.46. The Labute approximate surface area is 132 Å². The molecule has 6 nitrogen and oxygen atoms in total. The number of hydrogen-bond acceptors (Lipinski definition) is 7. The van der Waals surface area contributed by atoms with Crippen molar-refractivity contribution in [2.75, 3.05) is 38.7 Å². The fraction of sp³-hybridized carbons (Fsp3) is 0.692. The van der Waals surface area contributed by atoms with Gasteiger partial charge in [0.15, 0.2) is 15.2 Å². The van der Waals surface area contributed by atoms with Crippen LogP contribution in [0.3, 0.4) is 0 Å². The van der Waals surface area contributed by atoms with Crippen molar-refractivity contribution in [2.24, 2.45) is 0 Å². The molecular weight excluding hydrogens is 314 g/mol. The van der Waals surface area contributed by atoms with Gasteiger partial charge in [-0.1, -0.05) is 22.9 Å². The van der Waals surface area contributed by atoms with Gasteiger partial charge in [0.1, 0.15) is 0 Å². The average Bonchev–Trinajstić information content (AvgIpc) is 3.28. The first-order valence-electron chi connectivity index (χ1n) is 7.01. The Morgan fingerprint density at radius 3 is 3.14 bits per heavy atom. The SMILES string of the molecule is COC(=O)c1sc(NCC2CN(C3CC3)CCO2)nc1Cl. The zero-order chi connectivity index (χ0) is 14.8. The zero-order valence-electron chi connectivity index (χ0n) is 11.8. The Balaban J connectivity index is 1.53. The predicted octanol–water partition coefficient (Wildman–Crippen LogP) is 1.86. The lowest BCUT2D eigenvalue weighted by Gasteiger charge is -2.33. The highest BCUT2D eigenvalue weighted by Crippen LogP contribution is 2.29. The molecular formula is C13H18ClN3O3S. The second-order valence-electron chi connectivity index (χ2n) is 5.23. The van der Waals surface area contributed by atoms with E-state index < -0.39 is 5.97 Å². The molecule has 0 amide bonds. The molecule has 21 heavy (non-hydrogen) atoms. The number of halogens is 1. The quantitative estimate of drug-likeness (QED) is 0.831. The number of methoxy groups -OCH3 is 1. The molecule has 3 rings (SSSR count). The van der Waals surface area contributed by atoms with E-state index in [9.17, 15) is 4.79 Å². The van der Waals surface area contributed by atoms with Crippen LogP contribution in [0, 0.1) is 0 Å². The molecule has 1 aliphatic heterocycles. The van der Waals surface area contributed by atoms with Crippen molar-refractivity contribution < 1.29 is 14.3 Å². The van der Waals surface area contributed by atoms with Gasteiger partial charge in [-0.15, -0.1) is 0 Å². The number of hydrogen-bond donors (Lipinski definition) is 1. The van der Waals surface area contributed by atoms with Crippen molar-refractivity contribution in [1.29, 1.82) is 0 Å². The summed E-state index contributed by atoms with van der Waals surface area (Å²) in [5.41, 5.74) is 0. The lowest BCUT2D eigenvalue weighted by molar-refractivity contribution is -0.0241. The molecule has 1 unspecified atom stereocenters. The maximum atomic E-state index is 11.5. The zero-order valence-corrected chi connectivity index (χ0v) is 13.4. The number of carbonyl (C=O) groups excluding carboxylic acids is 1. The van der Waals surface area contributed by atoms with E-state index >= 15 is 0 Å². The predicted molar refractivity (Wildman–Crippen MR) is 81.3 cm³/mol. The summed E-state index contributed by atoms with van der Waals surface area (Å²) in [5.74, 6) is -0.459. The van der Waals surface area contributed by atoms with Crippen LogP contribution in [0.2, 0.25) is 5.15 Å². The summed E-state index contributed by atoms with van der Waals surface area (Å²) in [6.07, 6.45) is 2.76. The highest BCUT2D eigenvalue weighted by molar-refractivity contribution is 7.18. The molecule has 2 fully saturated rings. The van der Waals surface area contributed by atoms with Gasteiger partial charge < -0.3 is 14.8 Å². The first kappa shape index (κ1) is 15.0. The van der Waals surface area contributed by atoms with E-state index in [2.05, 4.69) is 19.9 Å². The number of nitrogens with one attached hydrogen (secondary N) is 1. The third-order valence-corrected chi connectivity index (χ3v) is 5.05. The van der Waals surface area contributed by atoms with Gasteiger partial charge in [-0.2, -0.15) is 0 Å². The largest absolute Gasteiger partial charge is 0.465 e. The van der Waals surface area contributed by atoms with Gasteiger partial charge in [-0.25, -0.2) is 9.78 Å². The van der Waals surface area contributed by atoms with Gasteiger partial charge in [0.2, 0.25) is 0 Å². The highest BCUT2D eigenvalue weighted by Gasteiger charge is 2.32. The molecule has 1 saturated heterocycles. The third-order valence-electron chi connectivity index (χ3n) is 3.67. The van der Waals surface area contributed by atoms with Crippen LogP contribution in [0.15, 0.2) is 0 Å². The van der Waals surface area contributed by atoms with Crippen LogP contribution >= 0.6 is 22.9 Å². The Bertz CT molecular complexity index is 521. The number of ether oxygens (including phenoxy) is 2. The molecule has 2 aliphatic rings. The number of anilines is 1. The van der Waals surface area contributed by atoms with Crippen LogP contribution in [-0.4, -0.2) is 61.3 Å². The number of rotatable bonds is 5. The van der Waals surface area contributed by atoms with Crippen LogP contribution < -0.4 is 5.32 Å². The van der Waals surface area contributed by atoms with Gasteiger partial charge in [0, 0.05) is 25.7 Å². The van der Waals surface area contributed by atoms with E-state index in [0.717, 1.165) is 25.7 Å². The molecule has 1 aromatic rings. The summed E-state index contributed by atoms with van der Waals surface area (Å²) < 4.78 is 10.4. The summed E-state index contributed by atoms with van der Waals surface area (Å²) in [6.45, 7) is 3.40. The summed E-state index contributed by atoms with van der Waals surface area (Å²) in [6, 6.07) is 0.761. The molecule has 1 atom stereocenters. The molecule has 0 spiro atoms. The van der Waals surface area contributed by atoms with E-state index in [1.54, 1.807) is 0 Å². The maximum Gasteiger partial charge on any atom is 0.351 e. The minimum absolute atomic E-state index is 0.142. The van der Waals surface area contributed by atoms with E-state index in [0.29, 0.717) is 16.6 Å². The fourth-order valence-corrected chi connectivity index (χ4v) is 3.54. The molecule has 0 aromatic carbocycles. The van der Waals surface area contributed by atoms with Crippen LogP contribution in [0.4, 0.5) is 5.13 Å². The first-order valence-corrected chi connectivity index (χ1v) is 8.21. The second kappa shape index (κ2) is 6.48. The summed E-state index contributed by atoms with van der Waals surface area (Å²) >= 11 is 7.13. The monoisotopic (exact) mass is 331 g/mol. The number of esters is 1. The first-order chi connectivity index (χ1) is 10.2.